The van der Waals surface area contributed by atoms with Gasteiger partial charge in [0.25, 0.3) is 0 Å². The summed E-state index contributed by atoms with van der Waals surface area (Å²) in [6.45, 7) is 4.07. The molecule has 164 valence electrons. The van der Waals surface area contributed by atoms with Crippen LogP contribution in [0.3, 0.4) is 0 Å². The molecule has 0 fully saturated rings. The Morgan fingerprint density at radius 2 is 1.48 bits per heavy atom. The quantitative estimate of drug-likeness (QED) is 0.292. The van der Waals surface area contributed by atoms with Crippen molar-refractivity contribution in [3.05, 3.63) is 91.4 Å². The Hall–Kier alpha value is -1.62. The Kier molecular flexibility index (Phi) is 9.18. The van der Waals surface area contributed by atoms with Crippen molar-refractivity contribution < 1.29 is 9.47 Å². The van der Waals surface area contributed by atoms with Crippen LogP contribution >= 0.6 is 46.4 Å². The van der Waals surface area contributed by atoms with E-state index in [1.54, 1.807) is 24.3 Å². The third-order valence-electron chi connectivity index (χ3n) is 4.67. The number of benzene rings is 3. The molecule has 0 aromatic heterocycles. The largest absolute Gasteiger partial charge is 0.490 e. The first-order chi connectivity index (χ1) is 15.0. The van der Waals surface area contributed by atoms with E-state index in [9.17, 15) is 0 Å². The van der Waals surface area contributed by atoms with Gasteiger partial charge in [-0.1, -0.05) is 64.6 Å². The molecule has 3 nitrogen and oxygen atoms in total. The van der Waals surface area contributed by atoms with E-state index in [0.29, 0.717) is 39.7 Å². The van der Waals surface area contributed by atoms with Gasteiger partial charge in [-0.25, -0.2) is 0 Å². The lowest BCUT2D eigenvalue weighted by atomic mass is 10.1. The van der Waals surface area contributed by atoms with Crippen LogP contribution in [0.25, 0.3) is 0 Å². The van der Waals surface area contributed by atoms with Crippen molar-refractivity contribution in [2.24, 2.45) is 0 Å². The lowest BCUT2D eigenvalue weighted by molar-refractivity contribution is 0.269. The van der Waals surface area contributed by atoms with Gasteiger partial charge >= 0.3 is 0 Å². The smallest absolute Gasteiger partial charge is 0.163 e. The fourth-order valence-corrected chi connectivity index (χ4v) is 3.87. The molecule has 0 unspecified atom stereocenters. The van der Waals surface area contributed by atoms with Gasteiger partial charge in [0.15, 0.2) is 11.5 Å². The predicted molar refractivity (Wildman–Crippen MR) is 130 cm³/mol. The zero-order valence-electron chi connectivity index (χ0n) is 17.1. The van der Waals surface area contributed by atoms with Gasteiger partial charge in [0, 0.05) is 38.3 Å². The maximum Gasteiger partial charge on any atom is 0.163 e. The summed E-state index contributed by atoms with van der Waals surface area (Å²) >= 11 is 24.9. The van der Waals surface area contributed by atoms with Gasteiger partial charge in [-0.05, 0) is 61.3 Å². The van der Waals surface area contributed by atoms with Crippen molar-refractivity contribution in [3.63, 3.8) is 0 Å². The molecule has 3 aromatic rings. The summed E-state index contributed by atoms with van der Waals surface area (Å²) in [6, 6.07) is 16.9. The molecule has 0 saturated heterocycles. The van der Waals surface area contributed by atoms with Crippen LogP contribution in [0.2, 0.25) is 20.1 Å². The van der Waals surface area contributed by atoms with E-state index < -0.39 is 0 Å². The van der Waals surface area contributed by atoms with E-state index in [1.165, 1.54) is 5.56 Å². The maximum absolute atomic E-state index is 6.52. The van der Waals surface area contributed by atoms with Gasteiger partial charge in [-0.2, -0.15) is 0 Å². The summed E-state index contributed by atoms with van der Waals surface area (Å²) in [5.74, 6) is 1.18. The van der Waals surface area contributed by atoms with E-state index in [2.05, 4.69) is 5.32 Å². The fraction of sp³-hybridized carbons (Fsp3) is 0.250. The summed E-state index contributed by atoms with van der Waals surface area (Å²) in [5.41, 5.74) is 2.88. The van der Waals surface area contributed by atoms with E-state index in [-0.39, 0.29) is 6.61 Å². The van der Waals surface area contributed by atoms with Crippen LogP contribution < -0.4 is 14.8 Å². The minimum Gasteiger partial charge on any atom is -0.490 e. The predicted octanol–water partition coefficient (Wildman–Crippen LogP) is 7.61. The zero-order chi connectivity index (χ0) is 22.2. The maximum atomic E-state index is 6.52. The second-order valence-electron chi connectivity index (χ2n) is 6.87. The second-order valence-corrected chi connectivity index (χ2v) is 8.52. The summed E-state index contributed by atoms with van der Waals surface area (Å²) in [7, 11) is 0. The molecule has 7 heteroatoms. The molecule has 0 saturated carbocycles. The number of hydrogen-bond donors (Lipinski definition) is 1. The molecule has 0 aliphatic carbocycles. The Morgan fingerprint density at radius 3 is 2.16 bits per heavy atom. The molecule has 3 aromatic carbocycles. The van der Waals surface area contributed by atoms with Gasteiger partial charge in [0.2, 0.25) is 0 Å². The lowest BCUT2D eigenvalue weighted by Crippen LogP contribution is -2.17. The highest BCUT2D eigenvalue weighted by atomic mass is 35.5. The van der Waals surface area contributed by atoms with E-state index in [1.807, 2.05) is 37.3 Å². The van der Waals surface area contributed by atoms with Crippen molar-refractivity contribution in [3.8, 4) is 11.5 Å². The van der Waals surface area contributed by atoms with Gasteiger partial charge in [0.05, 0.1) is 6.61 Å². The highest BCUT2D eigenvalue weighted by molar-refractivity contribution is 6.36. The summed E-state index contributed by atoms with van der Waals surface area (Å²) in [5, 5.41) is 5.87. The van der Waals surface area contributed by atoms with E-state index >= 15 is 0 Å². The first kappa shape index (κ1) is 24.0. The van der Waals surface area contributed by atoms with Crippen LogP contribution in [-0.2, 0) is 19.6 Å². The second kappa shape index (κ2) is 11.8. The first-order valence-corrected chi connectivity index (χ1v) is 11.4. The number of hydrogen-bond acceptors (Lipinski definition) is 3. The van der Waals surface area contributed by atoms with Crippen molar-refractivity contribution >= 4 is 46.4 Å². The number of halogens is 4. The Bertz CT molecular complexity index is 989. The van der Waals surface area contributed by atoms with Crippen molar-refractivity contribution in [2.45, 2.75) is 26.5 Å². The van der Waals surface area contributed by atoms with Crippen LogP contribution in [0.4, 0.5) is 0 Å². The molecule has 0 aliphatic heterocycles. The van der Waals surface area contributed by atoms with Gasteiger partial charge in [0.1, 0.15) is 6.61 Å². The molecule has 31 heavy (non-hydrogen) atoms. The highest BCUT2D eigenvalue weighted by Gasteiger charge is 2.13. The Morgan fingerprint density at radius 1 is 0.806 bits per heavy atom. The minimum absolute atomic E-state index is 0.216. The Labute approximate surface area is 203 Å². The molecule has 0 aliphatic rings. The van der Waals surface area contributed by atoms with Crippen molar-refractivity contribution in [1.82, 2.24) is 5.32 Å². The zero-order valence-corrected chi connectivity index (χ0v) is 20.1. The monoisotopic (exact) mass is 497 g/mol. The lowest BCUT2D eigenvalue weighted by Gasteiger charge is -2.16. The van der Waals surface area contributed by atoms with Gasteiger partial charge in [-0.3, -0.25) is 0 Å². The van der Waals surface area contributed by atoms with E-state index in [0.717, 1.165) is 29.1 Å². The first-order valence-electron chi connectivity index (χ1n) is 9.94. The molecule has 0 atom stereocenters. The number of ether oxygens (including phenoxy) is 2. The summed E-state index contributed by atoms with van der Waals surface area (Å²) in [4.78, 5) is 0. The van der Waals surface area contributed by atoms with E-state index in [4.69, 9.17) is 55.9 Å². The molecule has 0 amide bonds. The third kappa shape index (κ3) is 6.93. The molecule has 0 radical (unpaired) electrons. The van der Waals surface area contributed by atoms with Crippen LogP contribution in [-0.4, -0.2) is 13.2 Å². The topological polar surface area (TPSA) is 30.5 Å². The molecule has 0 heterocycles. The summed E-state index contributed by atoms with van der Waals surface area (Å²) < 4.78 is 11.7. The average Bonchev–Trinajstić information content (AvgIpc) is 2.74. The highest BCUT2D eigenvalue weighted by Crippen LogP contribution is 2.35. The molecule has 0 bridgehead atoms. The standard InChI is InChI=1S/C24H23Cl4NO2/c1-2-30-23-12-17(14-29-11-10-16-6-8-18(25)9-7-16)22(28)13-24(23)31-15-19-20(26)4-3-5-21(19)27/h3-9,12-13,29H,2,10-11,14-15H2,1H3. The van der Waals surface area contributed by atoms with Crippen LogP contribution in [0, 0.1) is 0 Å². The van der Waals surface area contributed by atoms with Crippen LogP contribution in [0.5, 0.6) is 11.5 Å². The third-order valence-corrected chi connectivity index (χ3v) is 5.98. The number of nitrogens with one attached hydrogen (secondary N) is 1. The SMILES string of the molecule is CCOc1cc(CNCCc2ccc(Cl)cc2)c(Cl)cc1OCc1c(Cl)cccc1Cl. The molecule has 3 rings (SSSR count). The number of rotatable bonds is 10. The summed E-state index contributed by atoms with van der Waals surface area (Å²) in [6.07, 6.45) is 0.896. The Balaban J connectivity index is 1.64. The van der Waals surface area contributed by atoms with Crippen molar-refractivity contribution in [1.29, 1.82) is 0 Å². The van der Waals surface area contributed by atoms with Crippen LogP contribution in [0.15, 0.2) is 54.6 Å². The van der Waals surface area contributed by atoms with Crippen molar-refractivity contribution in [2.75, 3.05) is 13.2 Å². The fourth-order valence-electron chi connectivity index (χ4n) is 3.02. The molecular formula is C24H23Cl4NO2. The normalized spacial score (nSPS) is 10.9. The van der Waals surface area contributed by atoms with Gasteiger partial charge < -0.3 is 14.8 Å². The average molecular weight is 499 g/mol. The van der Waals surface area contributed by atoms with Crippen LogP contribution in [0.1, 0.15) is 23.6 Å². The molecule has 1 N–H and O–H groups in total. The molecular weight excluding hydrogens is 476 g/mol. The van der Waals surface area contributed by atoms with Gasteiger partial charge in [-0.15, -0.1) is 0 Å². The minimum atomic E-state index is 0.216. The molecule has 0 spiro atoms.